The Hall–Kier alpha value is -1.00. The average Bonchev–Trinajstić information content (AvgIpc) is 2.37. The molecule has 2 rings (SSSR count). The second kappa shape index (κ2) is 2.56. The molecule has 0 aromatic heterocycles. The van der Waals surface area contributed by atoms with Crippen molar-refractivity contribution in [2.75, 3.05) is 0 Å². The van der Waals surface area contributed by atoms with E-state index in [1.165, 1.54) is 18.4 Å². The van der Waals surface area contributed by atoms with Gasteiger partial charge in [0.15, 0.2) is 0 Å². The van der Waals surface area contributed by atoms with Crippen molar-refractivity contribution >= 4 is 0 Å². The molecule has 56 valence electrons. The summed E-state index contributed by atoms with van der Waals surface area (Å²) in [6.07, 6.45) is 11.0. The van der Waals surface area contributed by atoms with Crippen LogP contribution in [0, 0.1) is 11.8 Å². The zero-order valence-electron chi connectivity index (χ0n) is 6.59. The molecule has 2 atom stereocenters. The van der Waals surface area contributed by atoms with Gasteiger partial charge in [-0.2, -0.15) is 0 Å². The zero-order chi connectivity index (χ0) is 7.68. The van der Waals surface area contributed by atoms with Crippen molar-refractivity contribution in [1.82, 2.24) is 0 Å². The van der Waals surface area contributed by atoms with E-state index in [9.17, 15) is 0 Å². The van der Waals surface area contributed by atoms with E-state index in [4.69, 9.17) is 0 Å². The lowest BCUT2D eigenvalue weighted by Gasteiger charge is -2.27. The minimum absolute atomic E-state index is 0.735. The molecule has 2 unspecified atom stereocenters. The van der Waals surface area contributed by atoms with Gasteiger partial charge in [-0.25, -0.2) is 0 Å². The van der Waals surface area contributed by atoms with Crippen molar-refractivity contribution in [2.45, 2.75) is 12.8 Å². The van der Waals surface area contributed by atoms with E-state index >= 15 is 0 Å². The molecule has 2 aliphatic carbocycles. The van der Waals surface area contributed by atoms with Gasteiger partial charge in [0.05, 0.1) is 0 Å². The van der Waals surface area contributed by atoms with Gasteiger partial charge in [-0.05, 0) is 36.8 Å². The number of hydrogen-bond acceptors (Lipinski definition) is 0. The van der Waals surface area contributed by atoms with Crippen LogP contribution in [0.2, 0.25) is 0 Å². The zero-order valence-corrected chi connectivity index (χ0v) is 6.59. The third kappa shape index (κ3) is 1.10. The fourth-order valence-corrected chi connectivity index (χ4v) is 1.70. The Balaban J connectivity index is 1.97. The topological polar surface area (TPSA) is 0 Å². The normalized spacial score (nSPS) is 33.3. The van der Waals surface area contributed by atoms with Crippen molar-refractivity contribution in [3.8, 4) is 0 Å². The highest BCUT2D eigenvalue weighted by Crippen LogP contribution is 2.36. The molecule has 0 fully saturated rings. The van der Waals surface area contributed by atoms with E-state index in [0.29, 0.717) is 0 Å². The van der Waals surface area contributed by atoms with Crippen LogP contribution in [0.5, 0.6) is 0 Å². The standard InChI is InChI=1S/C11H12/c1-2-9-7-11(8-9)10-5-3-4-6-10/h2-3,6-7,10-11H,1,5,8H2. The Morgan fingerprint density at radius 3 is 2.91 bits per heavy atom. The fourth-order valence-electron chi connectivity index (χ4n) is 1.70. The van der Waals surface area contributed by atoms with E-state index in [0.717, 1.165) is 11.8 Å². The first-order valence-electron chi connectivity index (χ1n) is 4.14. The van der Waals surface area contributed by atoms with Gasteiger partial charge in [-0.15, -0.1) is 5.73 Å². The van der Waals surface area contributed by atoms with E-state index in [2.05, 4.69) is 30.5 Å². The molecule has 0 nitrogen and oxygen atoms in total. The van der Waals surface area contributed by atoms with Gasteiger partial charge in [-0.1, -0.05) is 24.3 Å². The summed E-state index contributed by atoms with van der Waals surface area (Å²) in [5, 5.41) is 0. The predicted molar refractivity (Wildman–Crippen MR) is 47.1 cm³/mol. The molecular formula is C11H12. The quantitative estimate of drug-likeness (QED) is 0.523. The summed E-state index contributed by atoms with van der Waals surface area (Å²) >= 11 is 0. The largest absolute Gasteiger partial charge is 0.129 e. The minimum Gasteiger partial charge on any atom is -0.129 e. The predicted octanol–water partition coefficient (Wildman–Crippen LogP) is 2.85. The molecule has 0 heterocycles. The van der Waals surface area contributed by atoms with Crippen molar-refractivity contribution in [3.63, 3.8) is 0 Å². The molecule has 0 saturated heterocycles. The van der Waals surface area contributed by atoms with Gasteiger partial charge < -0.3 is 0 Å². The lowest BCUT2D eigenvalue weighted by Crippen LogP contribution is -2.16. The molecule has 0 radical (unpaired) electrons. The Morgan fingerprint density at radius 2 is 2.36 bits per heavy atom. The van der Waals surface area contributed by atoms with Gasteiger partial charge in [0.1, 0.15) is 0 Å². The van der Waals surface area contributed by atoms with Gasteiger partial charge in [0.25, 0.3) is 0 Å². The fraction of sp³-hybridized carbons (Fsp3) is 0.364. The van der Waals surface area contributed by atoms with Crippen LogP contribution in [0.1, 0.15) is 12.8 Å². The van der Waals surface area contributed by atoms with Crippen molar-refractivity contribution in [3.05, 3.63) is 42.2 Å². The molecule has 0 amide bonds. The molecular weight excluding hydrogens is 132 g/mol. The molecule has 0 aromatic rings. The molecule has 0 heteroatoms. The maximum atomic E-state index is 3.74. The lowest BCUT2D eigenvalue weighted by atomic mass is 9.77. The summed E-state index contributed by atoms with van der Waals surface area (Å²) in [6.45, 7) is 3.74. The first-order chi connectivity index (χ1) is 5.40. The highest BCUT2D eigenvalue weighted by atomic mass is 14.3. The molecule has 0 spiro atoms. The summed E-state index contributed by atoms with van der Waals surface area (Å²) in [5.41, 5.74) is 4.56. The molecule has 0 saturated carbocycles. The number of rotatable bonds is 2. The molecule has 0 aliphatic heterocycles. The van der Waals surface area contributed by atoms with Crippen LogP contribution in [0.3, 0.4) is 0 Å². The van der Waals surface area contributed by atoms with Crippen LogP contribution >= 0.6 is 0 Å². The second-order valence-corrected chi connectivity index (χ2v) is 3.25. The van der Waals surface area contributed by atoms with Gasteiger partial charge in [-0.3, -0.25) is 0 Å². The molecule has 0 aromatic carbocycles. The van der Waals surface area contributed by atoms with Crippen LogP contribution in [0.25, 0.3) is 0 Å². The number of allylic oxidation sites excluding steroid dienone is 4. The molecule has 11 heavy (non-hydrogen) atoms. The third-order valence-electron chi connectivity index (χ3n) is 2.53. The monoisotopic (exact) mass is 144 g/mol. The number of hydrogen-bond donors (Lipinski definition) is 0. The Labute approximate surface area is 67.6 Å². The summed E-state index contributed by atoms with van der Waals surface area (Å²) in [5.74, 6) is 1.51. The SMILES string of the molecule is C=CC1=CC(C2C=C=CC2)C1. The Kier molecular flexibility index (Phi) is 1.56. The first-order valence-corrected chi connectivity index (χ1v) is 4.14. The van der Waals surface area contributed by atoms with Crippen LogP contribution in [0.4, 0.5) is 0 Å². The van der Waals surface area contributed by atoms with Gasteiger partial charge in [0, 0.05) is 0 Å². The van der Waals surface area contributed by atoms with Crippen LogP contribution in [0.15, 0.2) is 42.2 Å². The van der Waals surface area contributed by atoms with Crippen molar-refractivity contribution in [2.24, 2.45) is 11.8 Å². The highest BCUT2D eigenvalue weighted by Gasteiger charge is 2.24. The molecule has 0 bridgehead atoms. The van der Waals surface area contributed by atoms with Crippen LogP contribution < -0.4 is 0 Å². The molecule has 2 aliphatic rings. The maximum absolute atomic E-state index is 3.74. The highest BCUT2D eigenvalue weighted by molar-refractivity contribution is 5.29. The van der Waals surface area contributed by atoms with Gasteiger partial charge in [0.2, 0.25) is 0 Å². The average molecular weight is 144 g/mol. The van der Waals surface area contributed by atoms with Gasteiger partial charge >= 0.3 is 0 Å². The smallest absolute Gasteiger partial charge is 0.00506 e. The van der Waals surface area contributed by atoms with Crippen LogP contribution in [-0.4, -0.2) is 0 Å². The van der Waals surface area contributed by atoms with E-state index in [1.54, 1.807) is 0 Å². The summed E-state index contributed by atoms with van der Waals surface area (Å²) in [4.78, 5) is 0. The lowest BCUT2D eigenvalue weighted by molar-refractivity contribution is 0.447. The summed E-state index contributed by atoms with van der Waals surface area (Å²) in [6, 6.07) is 0. The molecule has 0 N–H and O–H groups in total. The minimum atomic E-state index is 0.735. The van der Waals surface area contributed by atoms with E-state index in [-0.39, 0.29) is 0 Å². The Bertz CT molecular complexity index is 262. The third-order valence-corrected chi connectivity index (χ3v) is 2.53. The first kappa shape index (κ1) is 6.69. The van der Waals surface area contributed by atoms with E-state index < -0.39 is 0 Å². The van der Waals surface area contributed by atoms with Crippen molar-refractivity contribution in [1.29, 1.82) is 0 Å². The Morgan fingerprint density at radius 1 is 1.55 bits per heavy atom. The second-order valence-electron chi connectivity index (χ2n) is 3.25. The summed E-state index contributed by atoms with van der Waals surface area (Å²) in [7, 11) is 0. The van der Waals surface area contributed by atoms with Crippen LogP contribution in [-0.2, 0) is 0 Å². The van der Waals surface area contributed by atoms with E-state index in [1.807, 2.05) is 6.08 Å². The maximum Gasteiger partial charge on any atom is -0.00506 e. The summed E-state index contributed by atoms with van der Waals surface area (Å²) < 4.78 is 0. The van der Waals surface area contributed by atoms with Crippen molar-refractivity contribution < 1.29 is 0 Å².